The van der Waals surface area contributed by atoms with Gasteiger partial charge in [-0.15, -0.1) is 10.2 Å². The number of nitrogens with zero attached hydrogens (tertiary/aromatic N) is 3. The third kappa shape index (κ3) is 2.48. The van der Waals surface area contributed by atoms with Crippen LogP contribution in [0.3, 0.4) is 0 Å². The van der Waals surface area contributed by atoms with E-state index in [0.29, 0.717) is 24.3 Å². The summed E-state index contributed by atoms with van der Waals surface area (Å²) in [5.41, 5.74) is 0. The minimum Gasteiger partial charge on any atom is -0.383 e. The van der Waals surface area contributed by atoms with Gasteiger partial charge in [0.05, 0.1) is 11.9 Å². The molecule has 0 aliphatic heterocycles. The summed E-state index contributed by atoms with van der Waals surface area (Å²) in [6.45, 7) is 0.696. The van der Waals surface area contributed by atoms with E-state index in [9.17, 15) is 8.78 Å². The van der Waals surface area contributed by atoms with E-state index in [1.54, 1.807) is 0 Å². The molecule has 0 aromatic carbocycles. The highest BCUT2D eigenvalue weighted by molar-refractivity contribution is 9.08. The largest absolute Gasteiger partial charge is 0.383 e. The molecule has 0 aliphatic rings. The van der Waals surface area contributed by atoms with Crippen molar-refractivity contribution >= 4 is 15.9 Å². The number of aromatic nitrogens is 3. The molecule has 0 saturated heterocycles. The molecular formula is C7H10BrF2N3O. The zero-order chi connectivity index (χ0) is 10.6. The second-order valence-electron chi connectivity index (χ2n) is 2.55. The number of halogens is 3. The van der Waals surface area contributed by atoms with Crippen LogP contribution in [0.25, 0.3) is 0 Å². The van der Waals surface area contributed by atoms with Gasteiger partial charge in [-0.1, -0.05) is 15.9 Å². The number of alkyl halides is 3. The maximum Gasteiger partial charge on any atom is 0.297 e. The lowest BCUT2D eigenvalue weighted by atomic mass is 10.5. The van der Waals surface area contributed by atoms with E-state index in [0.717, 1.165) is 0 Å². The van der Waals surface area contributed by atoms with E-state index in [2.05, 4.69) is 26.1 Å². The first kappa shape index (κ1) is 11.5. The van der Waals surface area contributed by atoms with Gasteiger partial charge in [0.25, 0.3) is 6.43 Å². The summed E-state index contributed by atoms with van der Waals surface area (Å²) in [7, 11) is 1.51. The van der Waals surface area contributed by atoms with Gasteiger partial charge < -0.3 is 9.30 Å². The Bertz CT molecular complexity index is 292. The van der Waals surface area contributed by atoms with E-state index < -0.39 is 6.43 Å². The molecule has 80 valence electrons. The lowest BCUT2D eigenvalue weighted by Crippen LogP contribution is -2.11. The second kappa shape index (κ2) is 5.35. The Morgan fingerprint density at radius 3 is 2.71 bits per heavy atom. The Kier molecular flexibility index (Phi) is 4.40. The highest BCUT2D eigenvalue weighted by Gasteiger charge is 2.18. The average molecular weight is 270 g/mol. The molecule has 0 saturated carbocycles. The minimum atomic E-state index is -2.60. The zero-order valence-corrected chi connectivity index (χ0v) is 9.17. The van der Waals surface area contributed by atoms with Gasteiger partial charge in [-0.3, -0.25) is 0 Å². The predicted octanol–water partition coefficient (Wildman–Crippen LogP) is 1.76. The summed E-state index contributed by atoms with van der Waals surface area (Å²) >= 11 is 3.15. The predicted molar refractivity (Wildman–Crippen MR) is 49.5 cm³/mol. The van der Waals surface area contributed by atoms with Gasteiger partial charge in [-0.05, 0) is 0 Å². The van der Waals surface area contributed by atoms with Crippen molar-refractivity contribution in [1.29, 1.82) is 0 Å². The number of rotatable bonds is 5. The highest BCUT2D eigenvalue weighted by atomic mass is 79.9. The summed E-state index contributed by atoms with van der Waals surface area (Å²) < 4.78 is 31.0. The molecule has 1 aromatic heterocycles. The summed E-state index contributed by atoms with van der Waals surface area (Å²) in [5.74, 6) is 0.175. The van der Waals surface area contributed by atoms with E-state index in [4.69, 9.17) is 4.74 Å². The molecule has 14 heavy (non-hydrogen) atoms. The normalized spacial score (nSPS) is 11.2. The SMILES string of the molecule is COCCn1c(CBr)nnc1C(F)F. The number of hydrogen-bond donors (Lipinski definition) is 0. The van der Waals surface area contributed by atoms with Gasteiger partial charge in [0.15, 0.2) is 5.82 Å². The fourth-order valence-corrected chi connectivity index (χ4v) is 1.45. The maximum absolute atomic E-state index is 12.4. The number of hydrogen-bond acceptors (Lipinski definition) is 3. The molecule has 4 nitrogen and oxygen atoms in total. The van der Waals surface area contributed by atoms with Crippen molar-refractivity contribution in [3.8, 4) is 0 Å². The van der Waals surface area contributed by atoms with Crippen molar-refractivity contribution in [2.75, 3.05) is 13.7 Å². The minimum absolute atomic E-state index is 0.309. The summed E-state index contributed by atoms with van der Waals surface area (Å²) in [5, 5.41) is 7.46. The van der Waals surface area contributed by atoms with Crippen LogP contribution in [0.5, 0.6) is 0 Å². The maximum atomic E-state index is 12.4. The Morgan fingerprint density at radius 1 is 1.50 bits per heavy atom. The van der Waals surface area contributed by atoms with Crippen molar-refractivity contribution in [2.24, 2.45) is 0 Å². The number of methoxy groups -OCH3 is 1. The second-order valence-corrected chi connectivity index (χ2v) is 3.11. The molecule has 0 amide bonds. The van der Waals surface area contributed by atoms with Crippen LogP contribution >= 0.6 is 15.9 Å². The van der Waals surface area contributed by atoms with E-state index in [1.807, 2.05) is 0 Å². The smallest absolute Gasteiger partial charge is 0.297 e. The van der Waals surface area contributed by atoms with Gasteiger partial charge in [-0.2, -0.15) is 0 Å². The van der Waals surface area contributed by atoms with E-state index in [-0.39, 0.29) is 5.82 Å². The Labute approximate surface area is 88.4 Å². The molecule has 0 unspecified atom stereocenters. The van der Waals surface area contributed by atoms with Gasteiger partial charge in [-0.25, -0.2) is 8.78 Å². The van der Waals surface area contributed by atoms with Crippen molar-refractivity contribution in [2.45, 2.75) is 18.3 Å². The molecule has 0 bridgehead atoms. The Balaban J connectivity index is 2.88. The lowest BCUT2D eigenvalue weighted by molar-refractivity contribution is 0.128. The monoisotopic (exact) mass is 269 g/mol. The third-order valence-corrected chi connectivity index (χ3v) is 2.19. The standard InChI is InChI=1S/C7H10BrF2N3O/c1-14-3-2-13-5(4-8)11-12-7(13)6(9)10/h6H,2-4H2,1H3. The van der Waals surface area contributed by atoms with Crippen LogP contribution in [0.15, 0.2) is 0 Å². The first-order chi connectivity index (χ1) is 6.70. The molecule has 1 heterocycles. The van der Waals surface area contributed by atoms with Gasteiger partial charge in [0, 0.05) is 13.7 Å². The zero-order valence-electron chi connectivity index (χ0n) is 7.58. The number of ether oxygens (including phenoxy) is 1. The average Bonchev–Trinajstić information content (AvgIpc) is 2.57. The quantitative estimate of drug-likeness (QED) is 0.765. The molecule has 0 fully saturated rings. The van der Waals surface area contributed by atoms with Crippen molar-refractivity contribution in [3.05, 3.63) is 11.6 Å². The molecule has 0 aliphatic carbocycles. The first-order valence-electron chi connectivity index (χ1n) is 3.95. The molecule has 0 spiro atoms. The van der Waals surface area contributed by atoms with Crippen molar-refractivity contribution in [1.82, 2.24) is 14.8 Å². The van der Waals surface area contributed by atoms with Crippen LogP contribution in [0.4, 0.5) is 8.78 Å². The van der Waals surface area contributed by atoms with Crippen LogP contribution in [-0.2, 0) is 16.6 Å². The summed E-state index contributed by atoms with van der Waals surface area (Å²) in [6.07, 6.45) is -2.60. The molecular weight excluding hydrogens is 260 g/mol. The van der Waals surface area contributed by atoms with Crippen LogP contribution in [0.1, 0.15) is 18.1 Å². The molecule has 1 rings (SSSR count). The van der Waals surface area contributed by atoms with Gasteiger partial charge in [0.1, 0.15) is 5.82 Å². The Morgan fingerprint density at radius 2 is 2.21 bits per heavy atom. The van der Waals surface area contributed by atoms with Crippen LogP contribution in [0.2, 0.25) is 0 Å². The topological polar surface area (TPSA) is 39.9 Å². The van der Waals surface area contributed by atoms with E-state index in [1.165, 1.54) is 11.7 Å². The molecule has 0 N–H and O–H groups in total. The lowest BCUT2D eigenvalue weighted by Gasteiger charge is -2.07. The first-order valence-corrected chi connectivity index (χ1v) is 5.07. The van der Waals surface area contributed by atoms with Crippen LogP contribution < -0.4 is 0 Å². The molecule has 0 radical (unpaired) electrons. The molecule has 0 atom stereocenters. The molecule has 7 heteroatoms. The highest BCUT2D eigenvalue weighted by Crippen LogP contribution is 2.18. The van der Waals surface area contributed by atoms with Crippen molar-refractivity contribution in [3.63, 3.8) is 0 Å². The van der Waals surface area contributed by atoms with E-state index >= 15 is 0 Å². The Hall–Kier alpha value is -0.560. The third-order valence-electron chi connectivity index (χ3n) is 1.69. The van der Waals surface area contributed by atoms with Gasteiger partial charge in [0.2, 0.25) is 0 Å². The molecule has 1 aromatic rings. The van der Waals surface area contributed by atoms with Crippen LogP contribution in [-0.4, -0.2) is 28.5 Å². The fraction of sp³-hybridized carbons (Fsp3) is 0.714. The van der Waals surface area contributed by atoms with Crippen molar-refractivity contribution < 1.29 is 13.5 Å². The summed E-state index contributed by atoms with van der Waals surface area (Å²) in [6, 6.07) is 0. The van der Waals surface area contributed by atoms with Crippen LogP contribution in [0, 0.1) is 0 Å². The van der Waals surface area contributed by atoms with Gasteiger partial charge >= 0.3 is 0 Å². The fourth-order valence-electron chi connectivity index (χ4n) is 1.04. The summed E-state index contributed by atoms with van der Waals surface area (Å²) in [4.78, 5) is 0.